The van der Waals surface area contributed by atoms with Gasteiger partial charge in [0.15, 0.2) is 11.5 Å². The third kappa shape index (κ3) is 8.19. The molecule has 2 aliphatic rings. The number of nitrogens with one attached hydrogen (secondary N) is 1. The predicted molar refractivity (Wildman–Crippen MR) is 180 cm³/mol. The fourth-order valence-corrected chi connectivity index (χ4v) is 6.26. The average Bonchev–Trinajstić information content (AvgIpc) is 3.79. The number of ether oxygens (including phenoxy) is 4. The molecule has 10 heteroatoms. The van der Waals surface area contributed by atoms with E-state index in [0.717, 1.165) is 50.5 Å². The summed E-state index contributed by atoms with van der Waals surface area (Å²) in [6.45, 7) is 2.13. The second-order valence-electron chi connectivity index (χ2n) is 12.2. The summed E-state index contributed by atoms with van der Waals surface area (Å²) >= 11 is 0. The van der Waals surface area contributed by atoms with E-state index in [0.29, 0.717) is 59.3 Å². The number of aromatic nitrogens is 1. The smallest absolute Gasteiger partial charge is 0.323 e. The molecule has 1 aliphatic heterocycles. The van der Waals surface area contributed by atoms with Crippen molar-refractivity contribution in [2.45, 2.75) is 63.1 Å². The van der Waals surface area contributed by atoms with Crippen LogP contribution in [0.25, 0.3) is 10.9 Å². The van der Waals surface area contributed by atoms with Gasteiger partial charge in [-0.05, 0) is 100 Å². The number of amides is 1. The Hall–Kier alpha value is -4.67. The number of benzene rings is 3. The third-order valence-electron chi connectivity index (χ3n) is 8.91. The molecule has 10 nitrogen and oxygen atoms in total. The summed E-state index contributed by atoms with van der Waals surface area (Å²) in [6, 6.07) is 21.4. The molecule has 3 N–H and O–H groups in total. The van der Waals surface area contributed by atoms with E-state index in [1.54, 1.807) is 55.8 Å². The first-order chi connectivity index (χ1) is 23.0. The average molecular weight is 639 g/mol. The second-order valence-corrected chi connectivity index (χ2v) is 12.2. The minimum Gasteiger partial charge on any atom is -0.493 e. The quantitative estimate of drug-likeness (QED) is 0.162. The van der Waals surface area contributed by atoms with Gasteiger partial charge >= 0.3 is 5.97 Å². The van der Waals surface area contributed by atoms with E-state index in [2.05, 4.69) is 15.2 Å². The van der Waals surface area contributed by atoms with Gasteiger partial charge in [0.05, 0.1) is 12.6 Å². The number of anilines is 1. The minimum atomic E-state index is -0.612. The molecule has 2 atom stereocenters. The van der Waals surface area contributed by atoms with Crippen LogP contribution in [0.15, 0.2) is 79.0 Å². The molecule has 1 saturated carbocycles. The maximum absolute atomic E-state index is 12.5. The number of fused-ring (bicyclic) bond motifs is 1. The van der Waals surface area contributed by atoms with E-state index in [1.165, 1.54) is 0 Å². The molecule has 0 spiro atoms. The van der Waals surface area contributed by atoms with Gasteiger partial charge in [0, 0.05) is 41.5 Å². The first kappa shape index (κ1) is 32.3. The van der Waals surface area contributed by atoms with Crippen molar-refractivity contribution < 1.29 is 28.5 Å². The van der Waals surface area contributed by atoms with Crippen LogP contribution in [-0.4, -0.2) is 66.8 Å². The molecule has 0 bridgehead atoms. The maximum atomic E-state index is 12.5. The highest BCUT2D eigenvalue weighted by molar-refractivity contribution is 6.04. The Kier molecular flexibility index (Phi) is 10.5. The Labute approximate surface area is 275 Å². The van der Waals surface area contributed by atoms with Crippen molar-refractivity contribution in [2.24, 2.45) is 5.73 Å². The molecule has 4 aromatic rings. The Morgan fingerprint density at radius 1 is 0.957 bits per heavy atom. The number of nitrogens with zero attached hydrogens (tertiary/aromatic N) is 2. The number of likely N-dealkylation sites (tertiary alicyclic amines) is 1. The fourth-order valence-electron chi connectivity index (χ4n) is 6.26. The summed E-state index contributed by atoms with van der Waals surface area (Å²) in [5, 5.41) is 3.68. The van der Waals surface area contributed by atoms with Crippen LogP contribution in [0.4, 0.5) is 5.69 Å². The normalized spacial score (nSPS) is 17.4. The first-order valence-electron chi connectivity index (χ1n) is 16.4. The van der Waals surface area contributed by atoms with Gasteiger partial charge in [0.2, 0.25) is 0 Å². The number of nitrogens with two attached hydrogens (primary N) is 1. The van der Waals surface area contributed by atoms with Crippen LogP contribution in [0.2, 0.25) is 0 Å². The van der Waals surface area contributed by atoms with Crippen molar-refractivity contribution in [1.29, 1.82) is 0 Å². The van der Waals surface area contributed by atoms with Crippen molar-refractivity contribution in [1.82, 2.24) is 9.88 Å². The van der Waals surface area contributed by atoms with Crippen molar-refractivity contribution in [3.8, 4) is 23.0 Å². The number of carbonyl (C=O) groups is 2. The highest BCUT2D eigenvalue weighted by Gasteiger charge is 2.28. The number of rotatable bonds is 13. The topological polar surface area (TPSA) is 125 Å². The fraction of sp³-hybridized carbons (Fsp3) is 0.378. The molecule has 1 aromatic heterocycles. The third-order valence-corrected chi connectivity index (χ3v) is 8.91. The van der Waals surface area contributed by atoms with E-state index in [9.17, 15) is 9.59 Å². The zero-order chi connectivity index (χ0) is 32.6. The van der Waals surface area contributed by atoms with Gasteiger partial charge < -0.3 is 30.0 Å². The van der Waals surface area contributed by atoms with Crippen LogP contribution in [-0.2, 0) is 9.53 Å². The summed E-state index contributed by atoms with van der Waals surface area (Å²) in [7, 11) is 1.61. The van der Waals surface area contributed by atoms with Gasteiger partial charge in [-0.25, -0.2) is 0 Å². The van der Waals surface area contributed by atoms with Gasteiger partial charge in [-0.2, -0.15) is 0 Å². The van der Waals surface area contributed by atoms with Crippen molar-refractivity contribution in [3.63, 3.8) is 0 Å². The van der Waals surface area contributed by atoms with E-state index in [-0.39, 0.29) is 24.0 Å². The zero-order valence-electron chi connectivity index (χ0n) is 26.7. The lowest BCUT2D eigenvalue weighted by Gasteiger charge is -2.26. The highest BCUT2D eigenvalue weighted by Crippen LogP contribution is 2.37. The van der Waals surface area contributed by atoms with Crippen molar-refractivity contribution in [3.05, 3.63) is 84.6 Å². The number of pyridine rings is 1. The largest absolute Gasteiger partial charge is 0.493 e. The Balaban J connectivity index is 1.06. The van der Waals surface area contributed by atoms with Gasteiger partial charge in [-0.15, -0.1) is 0 Å². The second kappa shape index (κ2) is 15.3. The van der Waals surface area contributed by atoms with Crippen LogP contribution in [0.5, 0.6) is 23.0 Å². The van der Waals surface area contributed by atoms with E-state index in [1.807, 2.05) is 30.3 Å². The molecular formula is C37H42N4O6. The lowest BCUT2D eigenvalue weighted by molar-refractivity contribution is -0.150. The molecule has 47 heavy (non-hydrogen) atoms. The standard InChI is InChI=1S/C37H42N4O6/c1-44-34-22-30-32(39-19-17-33(30)46-29-15-13-26(14-16-29)40-36(42)25-8-3-2-4-9-25)23-35(34)45-24-27-10-7-20-41(27)21-18-31(38)37(43)47-28-11-5-6-12-28/h2-4,8-9,13-17,19,22-23,27-28,31H,5-7,10-12,18,20-21,24,38H2,1H3,(H,40,42)/t27-,31?/m0/s1. The molecular weight excluding hydrogens is 596 g/mol. The van der Waals surface area contributed by atoms with Crippen LogP contribution in [0.1, 0.15) is 55.3 Å². The van der Waals surface area contributed by atoms with E-state index < -0.39 is 6.04 Å². The molecule has 2 heterocycles. The van der Waals surface area contributed by atoms with Crippen molar-refractivity contribution >= 4 is 28.5 Å². The number of hydrogen-bond acceptors (Lipinski definition) is 9. The molecule has 1 amide bonds. The van der Waals surface area contributed by atoms with Crippen LogP contribution >= 0.6 is 0 Å². The first-order valence-corrected chi connectivity index (χ1v) is 16.4. The predicted octanol–water partition coefficient (Wildman–Crippen LogP) is 6.33. The van der Waals surface area contributed by atoms with Gasteiger partial charge in [-0.1, -0.05) is 18.2 Å². The van der Waals surface area contributed by atoms with Gasteiger partial charge in [0.1, 0.15) is 30.3 Å². The van der Waals surface area contributed by atoms with Gasteiger partial charge in [-0.3, -0.25) is 19.5 Å². The maximum Gasteiger partial charge on any atom is 0.323 e. The SMILES string of the molecule is COc1cc2c(Oc3ccc(NC(=O)c4ccccc4)cc3)ccnc2cc1OC[C@@H]1CCCN1CCC(N)C(=O)OC1CCCC1. The molecule has 1 aliphatic carbocycles. The summed E-state index contributed by atoms with van der Waals surface area (Å²) in [5.41, 5.74) is 8.16. The molecule has 1 saturated heterocycles. The van der Waals surface area contributed by atoms with Crippen LogP contribution in [0, 0.1) is 0 Å². The molecule has 1 unspecified atom stereocenters. The van der Waals surface area contributed by atoms with Crippen LogP contribution < -0.4 is 25.3 Å². The molecule has 246 valence electrons. The monoisotopic (exact) mass is 638 g/mol. The number of hydrogen-bond donors (Lipinski definition) is 2. The van der Waals surface area contributed by atoms with Crippen molar-refractivity contribution in [2.75, 3.05) is 32.1 Å². The lowest BCUT2D eigenvalue weighted by Crippen LogP contribution is -2.40. The minimum absolute atomic E-state index is 0.0306. The van der Waals surface area contributed by atoms with Crippen LogP contribution in [0.3, 0.4) is 0 Å². The summed E-state index contributed by atoms with van der Waals surface area (Å²) in [6.07, 6.45) is 8.46. The summed E-state index contributed by atoms with van der Waals surface area (Å²) in [5.74, 6) is 1.95. The summed E-state index contributed by atoms with van der Waals surface area (Å²) < 4.78 is 23.9. The van der Waals surface area contributed by atoms with E-state index >= 15 is 0 Å². The Morgan fingerprint density at radius 3 is 2.51 bits per heavy atom. The molecule has 2 fully saturated rings. The summed E-state index contributed by atoms with van der Waals surface area (Å²) in [4.78, 5) is 31.9. The van der Waals surface area contributed by atoms with Gasteiger partial charge in [0.25, 0.3) is 5.91 Å². The Bertz CT molecular complexity index is 1660. The zero-order valence-corrected chi connectivity index (χ0v) is 26.7. The lowest BCUT2D eigenvalue weighted by atomic mass is 10.1. The number of methoxy groups -OCH3 is 1. The van der Waals surface area contributed by atoms with E-state index in [4.69, 9.17) is 24.7 Å². The molecule has 3 aromatic carbocycles. The molecule has 6 rings (SSSR count). The number of esters is 1. The Morgan fingerprint density at radius 2 is 1.74 bits per heavy atom. The highest BCUT2D eigenvalue weighted by atomic mass is 16.5. The molecule has 0 radical (unpaired) electrons. The number of carbonyl (C=O) groups excluding carboxylic acids is 2.